The van der Waals surface area contributed by atoms with Crippen molar-refractivity contribution in [2.45, 2.75) is 40.4 Å². The average Bonchev–Trinajstić information content (AvgIpc) is 2.72. The van der Waals surface area contributed by atoms with Crippen LogP contribution in [-0.4, -0.2) is 23.3 Å². The Kier molecular flexibility index (Phi) is 7.89. The number of aromatic nitrogens is 1. The first-order chi connectivity index (χ1) is 13.9. The maximum absolute atomic E-state index is 10.4. The highest BCUT2D eigenvalue weighted by atomic mass is 16.3. The lowest BCUT2D eigenvalue weighted by Crippen LogP contribution is -2.27. The van der Waals surface area contributed by atoms with Gasteiger partial charge in [0.05, 0.1) is 11.4 Å². The molecule has 6 N–H and O–H groups in total. The summed E-state index contributed by atoms with van der Waals surface area (Å²) in [6.07, 6.45) is 5.38. The molecule has 1 radical (unpaired) electrons. The van der Waals surface area contributed by atoms with E-state index in [0.29, 0.717) is 11.4 Å². The number of para-hydroxylation sites is 1. The average molecular weight is 390 g/mol. The number of phenolic OH excluding ortho intramolecular Hbond substituents is 1. The number of pyridine rings is 1. The number of rotatable bonds is 8. The molecule has 1 aromatic carbocycles. The minimum atomic E-state index is 0.201. The summed E-state index contributed by atoms with van der Waals surface area (Å²) in [7, 11) is 1.78. The maximum atomic E-state index is 10.4. The number of nitrogens with two attached hydrogens (primary N) is 2. The van der Waals surface area contributed by atoms with E-state index in [1.165, 1.54) is 0 Å². The van der Waals surface area contributed by atoms with Crippen LogP contribution in [0, 0.1) is 0 Å². The quantitative estimate of drug-likeness (QED) is 0.313. The van der Waals surface area contributed by atoms with E-state index in [-0.39, 0.29) is 11.6 Å². The first kappa shape index (κ1) is 22.1. The van der Waals surface area contributed by atoms with Gasteiger partial charge in [-0.1, -0.05) is 44.9 Å². The minimum absolute atomic E-state index is 0.201. The first-order valence-electron chi connectivity index (χ1n) is 9.75. The second-order valence-electron chi connectivity index (χ2n) is 6.56. The topological polar surface area (TPSA) is 110 Å². The summed E-state index contributed by atoms with van der Waals surface area (Å²) in [5.74, 6) is 0.423. The summed E-state index contributed by atoms with van der Waals surface area (Å²) >= 11 is 0. The lowest BCUT2D eigenvalue weighted by molar-refractivity contribution is 0.473. The van der Waals surface area contributed by atoms with E-state index >= 15 is 0 Å². The molecule has 2 aromatic rings. The molecule has 1 aromatic heterocycles. The van der Waals surface area contributed by atoms with Crippen LogP contribution in [0.25, 0.3) is 5.57 Å². The monoisotopic (exact) mass is 390 g/mol. The van der Waals surface area contributed by atoms with Crippen molar-refractivity contribution in [3.05, 3.63) is 70.8 Å². The molecular weight excluding hydrogens is 361 g/mol. The standard InChI is InChI=1S/C22H29BN5O/c1-5-9-16(17-10-7-8-11-20(17)29)18-13-26-15(6-2)12-19(18)27-22(25)21(24)14(3)28-23-4/h7-13,28-29H,5-6,24H2,1-4H3,(H2,25,26,27)/b16-9-,21-14+. The van der Waals surface area contributed by atoms with E-state index in [4.69, 9.17) is 11.5 Å². The van der Waals surface area contributed by atoms with Crippen LogP contribution < -0.4 is 16.7 Å². The van der Waals surface area contributed by atoms with Crippen LogP contribution in [0.4, 0.5) is 5.69 Å². The zero-order chi connectivity index (χ0) is 21.4. The third-order valence-electron chi connectivity index (χ3n) is 4.48. The predicted molar refractivity (Wildman–Crippen MR) is 122 cm³/mol. The van der Waals surface area contributed by atoms with Crippen LogP contribution in [0.15, 0.2) is 59.0 Å². The fourth-order valence-corrected chi connectivity index (χ4v) is 2.93. The number of aromatic hydroxyl groups is 1. The van der Waals surface area contributed by atoms with Gasteiger partial charge in [0.2, 0.25) is 7.41 Å². The molecule has 0 bridgehead atoms. The number of aliphatic imine (C=N–C) groups is 1. The van der Waals surface area contributed by atoms with E-state index in [0.717, 1.165) is 40.9 Å². The second-order valence-corrected chi connectivity index (χ2v) is 6.56. The van der Waals surface area contributed by atoms with E-state index in [1.54, 1.807) is 25.7 Å². The molecule has 0 fully saturated rings. The molecule has 6 nitrogen and oxygen atoms in total. The third kappa shape index (κ3) is 5.41. The van der Waals surface area contributed by atoms with Gasteiger partial charge < -0.3 is 21.8 Å². The molecule has 2 rings (SSSR count). The van der Waals surface area contributed by atoms with E-state index in [2.05, 4.69) is 15.2 Å². The van der Waals surface area contributed by atoms with Gasteiger partial charge in [0.25, 0.3) is 0 Å². The minimum Gasteiger partial charge on any atom is -0.507 e. The number of allylic oxidation sites excluding steroid dienone is 2. The van der Waals surface area contributed by atoms with Crippen molar-refractivity contribution < 1.29 is 5.11 Å². The van der Waals surface area contributed by atoms with E-state index < -0.39 is 0 Å². The summed E-state index contributed by atoms with van der Waals surface area (Å²) in [6, 6.07) is 9.14. The number of benzene rings is 1. The van der Waals surface area contributed by atoms with Crippen molar-refractivity contribution in [3.63, 3.8) is 0 Å². The number of nitrogens with one attached hydrogen (secondary N) is 1. The Labute approximate surface area is 173 Å². The van der Waals surface area contributed by atoms with Crippen molar-refractivity contribution in [3.8, 4) is 5.75 Å². The largest absolute Gasteiger partial charge is 0.507 e. The van der Waals surface area contributed by atoms with E-state index in [9.17, 15) is 5.11 Å². The molecule has 151 valence electrons. The molecular formula is C22H29BN5O. The summed E-state index contributed by atoms with van der Waals surface area (Å²) < 4.78 is 0. The molecule has 7 heteroatoms. The molecule has 0 spiro atoms. The van der Waals surface area contributed by atoms with Gasteiger partial charge in [-0.25, -0.2) is 4.99 Å². The van der Waals surface area contributed by atoms with Crippen LogP contribution in [0.5, 0.6) is 5.75 Å². The van der Waals surface area contributed by atoms with Gasteiger partial charge >= 0.3 is 0 Å². The Balaban J connectivity index is 2.67. The number of phenols is 1. The molecule has 0 aliphatic rings. The van der Waals surface area contributed by atoms with Crippen molar-refractivity contribution in [1.82, 2.24) is 10.2 Å². The van der Waals surface area contributed by atoms with Crippen molar-refractivity contribution in [1.29, 1.82) is 0 Å². The molecule has 1 heterocycles. The van der Waals surface area contributed by atoms with Gasteiger partial charge in [0, 0.05) is 28.7 Å². The number of hydrogen-bond acceptors (Lipinski definition) is 5. The van der Waals surface area contributed by atoms with Gasteiger partial charge in [-0.3, -0.25) is 4.98 Å². The lowest BCUT2D eigenvalue weighted by atomic mass is 9.95. The van der Waals surface area contributed by atoms with Gasteiger partial charge in [-0.15, -0.1) is 0 Å². The first-order valence-corrected chi connectivity index (χ1v) is 9.75. The summed E-state index contributed by atoms with van der Waals surface area (Å²) in [6.45, 7) is 7.78. The van der Waals surface area contributed by atoms with Crippen LogP contribution in [0.2, 0.25) is 6.82 Å². The summed E-state index contributed by atoms with van der Waals surface area (Å²) in [4.78, 5) is 9.16. The van der Waals surface area contributed by atoms with Crippen molar-refractivity contribution in [2.75, 3.05) is 0 Å². The number of hydrogen-bond donors (Lipinski definition) is 4. The normalized spacial score (nSPS) is 13.1. The van der Waals surface area contributed by atoms with Crippen LogP contribution in [-0.2, 0) is 6.42 Å². The fourth-order valence-electron chi connectivity index (χ4n) is 2.93. The molecule has 0 aliphatic heterocycles. The Morgan fingerprint density at radius 2 is 1.97 bits per heavy atom. The summed E-state index contributed by atoms with van der Waals surface area (Å²) in [5, 5.41) is 13.4. The van der Waals surface area contributed by atoms with Crippen LogP contribution in [0.1, 0.15) is 44.0 Å². The fraction of sp³-hybridized carbons (Fsp3) is 0.273. The highest BCUT2D eigenvalue weighted by molar-refractivity contribution is 6.30. The lowest BCUT2D eigenvalue weighted by Gasteiger charge is -2.14. The van der Waals surface area contributed by atoms with Gasteiger partial charge in [-0.05, 0) is 37.5 Å². The Hall–Kier alpha value is -3.22. The second kappa shape index (κ2) is 10.4. The molecule has 29 heavy (non-hydrogen) atoms. The molecule has 0 amide bonds. The van der Waals surface area contributed by atoms with Crippen LogP contribution >= 0.6 is 0 Å². The van der Waals surface area contributed by atoms with Gasteiger partial charge in [0.15, 0.2) is 0 Å². The molecule has 0 unspecified atom stereocenters. The van der Waals surface area contributed by atoms with Crippen molar-refractivity contribution >= 4 is 24.5 Å². The SMILES string of the molecule is C[B]N/C(C)=C(/N)C(N)=Nc1cc(CC)ncc1/C(=C\CC)c1ccccc1O. The predicted octanol–water partition coefficient (Wildman–Crippen LogP) is 3.63. The Morgan fingerprint density at radius 1 is 1.24 bits per heavy atom. The molecule has 0 saturated heterocycles. The smallest absolute Gasteiger partial charge is 0.239 e. The molecule has 0 aliphatic carbocycles. The highest BCUT2D eigenvalue weighted by Crippen LogP contribution is 2.35. The van der Waals surface area contributed by atoms with Gasteiger partial charge in [-0.2, -0.15) is 0 Å². The van der Waals surface area contributed by atoms with Crippen molar-refractivity contribution in [2.24, 2.45) is 16.5 Å². The Bertz CT molecular complexity index is 950. The zero-order valence-corrected chi connectivity index (χ0v) is 17.5. The zero-order valence-electron chi connectivity index (χ0n) is 17.5. The Morgan fingerprint density at radius 3 is 2.59 bits per heavy atom. The number of amidine groups is 1. The summed E-state index contributed by atoms with van der Waals surface area (Å²) in [5.41, 5.74) is 17.4. The molecule has 0 saturated carbocycles. The third-order valence-corrected chi connectivity index (χ3v) is 4.48. The number of nitrogens with zero attached hydrogens (tertiary/aromatic N) is 2. The van der Waals surface area contributed by atoms with Crippen LogP contribution in [0.3, 0.4) is 0 Å². The number of aryl methyl sites for hydroxylation is 1. The van der Waals surface area contributed by atoms with E-state index in [1.807, 2.05) is 51.9 Å². The maximum Gasteiger partial charge on any atom is 0.239 e. The van der Waals surface area contributed by atoms with Gasteiger partial charge in [0.1, 0.15) is 11.6 Å². The highest BCUT2D eigenvalue weighted by Gasteiger charge is 2.15. The molecule has 0 atom stereocenters.